The topological polar surface area (TPSA) is 92.3 Å². The molecule has 3 aromatic rings. The second-order valence-electron chi connectivity index (χ2n) is 6.48. The van der Waals surface area contributed by atoms with Gasteiger partial charge in [-0.2, -0.15) is 0 Å². The van der Waals surface area contributed by atoms with Crippen LogP contribution in [0.15, 0.2) is 48.5 Å². The second-order valence-corrected chi connectivity index (χ2v) is 9.32. The predicted molar refractivity (Wildman–Crippen MR) is 112 cm³/mol. The van der Waals surface area contributed by atoms with Crippen LogP contribution >= 0.6 is 11.3 Å². The van der Waals surface area contributed by atoms with Crippen LogP contribution in [0.4, 0.5) is 15.2 Å². The first-order valence-corrected chi connectivity index (χ1v) is 11.3. The molecule has 1 aromatic heterocycles. The SMILES string of the molecule is Cc1ccc(-c2nnc(NC(=O)C(C)N(c3cccc(F)c3)S(C)(=O)=O)s2)cc1. The van der Waals surface area contributed by atoms with Crippen molar-refractivity contribution in [1.82, 2.24) is 10.2 Å². The van der Waals surface area contributed by atoms with Crippen LogP contribution in [-0.2, 0) is 14.8 Å². The van der Waals surface area contributed by atoms with E-state index in [1.54, 1.807) is 0 Å². The number of rotatable bonds is 6. The Kier molecular flexibility index (Phi) is 5.94. The molecule has 1 atom stereocenters. The summed E-state index contributed by atoms with van der Waals surface area (Å²) >= 11 is 1.17. The van der Waals surface area contributed by atoms with Crippen LogP contribution < -0.4 is 9.62 Å². The molecule has 1 N–H and O–H groups in total. The van der Waals surface area contributed by atoms with Crippen molar-refractivity contribution in [2.24, 2.45) is 0 Å². The summed E-state index contributed by atoms with van der Waals surface area (Å²) in [5, 5.41) is 11.5. The van der Waals surface area contributed by atoms with E-state index in [4.69, 9.17) is 0 Å². The number of carbonyl (C=O) groups excluding carboxylic acids is 1. The number of hydrogen-bond donors (Lipinski definition) is 1. The molecule has 0 spiro atoms. The molecular weight excluding hydrogens is 415 g/mol. The lowest BCUT2D eigenvalue weighted by molar-refractivity contribution is -0.116. The van der Waals surface area contributed by atoms with Crippen LogP contribution in [0, 0.1) is 12.7 Å². The summed E-state index contributed by atoms with van der Waals surface area (Å²) in [6.07, 6.45) is 0.960. The zero-order valence-electron chi connectivity index (χ0n) is 16.0. The predicted octanol–water partition coefficient (Wildman–Crippen LogP) is 3.45. The number of amides is 1. The standard InChI is InChI=1S/C19H19FN4O3S2/c1-12-7-9-14(10-8-12)18-22-23-19(28-18)21-17(25)13(2)24(29(3,26)27)16-6-4-5-15(20)11-16/h4-11,13H,1-3H3,(H,21,23,25). The van der Waals surface area contributed by atoms with Crippen LogP contribution in [0.2, 0.25) is 0 Å². The first-order valence-electron chi connectivity index (χ1n) is 8.61. The van der Waals surface area contributed by atoms with E-state index in [1.807, 2.05) is 31.2 Å². The van der Waals surface area contributed by atoms with Crippen LogP contribution in [0.5, 0.6) is 0 Å². The summed E-state index contributed by atoms with van der Waals surface area (Å²) in [7, 11) is -3.84. The highest BCUT2D eigenvalue weighted by atomic mass is 32.2. The lowest BCUT2D eigenvalue weighted by Crippen LogP contribution is -2.45. The van der Waals surface area contributed by atoms with Crippen molar-refractivity contribution in [2.75, 3.05) is 15.9 Å². The molecule has 0 bridgehead atoms. The second kappa shape index (κ2) is 8.26. The monoisotopic (exact) mass is 434 g/mol. The van der Waals surface area contributed by atoms with Gasteiger partial charge in [0.25, 0.3) is 0 Å². The third-order valence-corrected chi connectivity index (χ3v) is 6.23. The van der Waals surface area contributed by atoms with Gasteiger partial charge in [0.05, 0.1) is 11.9 Å². The molecule has 0 fully saturated rings. The number of aromatic nitrogens is 2. The number of sulfonamides is 1. The lowest BCUT2D eigenvalue weighted by atomic mass is 10.2. The minimum absolute atomic E-state index is 0.0627. The molecule has 0 aliphatic heterocycles. The molecule has 152 valence electrons. The lowest BCUT2D eigenvalue weighted by Gasteiger charge is -2.27. The molecule has 1 amide bonds. The van der Waals surface area contributed by atoms with E-state index < -0.39 is 27.8 Å². The Balaban J connectivity index is 1.81. The van der Waals surface area contributed by atoms with Crippen molar-refractivity contribution in [2.45, 2.75) is 19.9 Å². The quantitative estimate of drug-likeness (QED) is 0.642. The van der Waals surface area contributed by atoms with Crippen LogP contribution in [0.3, 0.4) is 0 Å². The zero-order chi connectivity index (χ0) is 21.2. The fourth-order valence-corrected chi connectivity index (χ4v) is 4.64. The first kappa shape index (κ1) is 20.9. The Morgan fingerprint density at radius 2 is 1.86 bits per heavy atom. The van der Waals surface area contributed by atoms with E-state index in [-0.39, 0.29) is 10.8 Å². The van der Waals surface area contributed by atoms with Crippen LogP contribution in [0.25, 0.3) is 10.6 Å². The van der Waals surface area contributed by atoms with Crippen molar-refractivity contribution in [1.29, 1.82) is 0 Å². The molecule has 0 saturated heterocycles. The van der Waals surface area contributed by atoms with Gasteiger partial charge in [0.2, 0.25) is 21.1 Å². The number of halogens is 1. The minimum Gasteiger partial charge on any atom is -0.299 e. The molecule has 1 unspecified atom stereocenters. The maximum Gasteiger partial charge on any atom is 0.249 e. The van der Waals surface area contributed by atoms with Gasteiger partial charge in [0.15, 0.2) is 0 Å². The molecule has 3 rings (SSSR count). The first-order chi connectivity index (χ1) is 13.6. The van der Waals surface area contributed by atoms with Crippen molar-refractivity contribution in [3.63, 3.8) is 0 Å². The van der Waals surface area contributed by atoms with Gasteiger partial charge >= 0.3 is 0 Å². The summed E-state index contributed by atoms with van der Waals surface area (Å²) in [6.45, 7) is 3.40. The Hall–Kier alpha value is -2.85. The van der Waals surface area contributed by atoms with E-state index in [0.717, 1.165) is 27.8 Å². The molecule has 7 nitrogen and oxygen atoms in total. The van der Waals surface area contributed by atoms with E-state index in [2.05, 4.69) is 15.5 Å². The highest BCUT2D eigenvalue weighted by molar-refractivity contribution is 7.92. The maximum atomic E-state index is 13.6. The highest BCUT2D eigenvalue weighted by Crippen LogP contribution is 2.27. The number of anilines is 2. The van der Waals surface area contributed by atoms with Gasteiger partial charge in [-0.25, -0.2) is 12.8 Å². The third kappa shape index (κ3) is 4.96. The molecule has 10 heteroatoms. The number of hydrogen-bond acceptors (Lipinski definition) is 6. The third-order valence-electron chi connectivity index (χ3n) is 4.10. The molecule has 0 radical (unpaired) electrons. The average Bonchev–Trinajstić information content (AvgIpc) is 3.09. The number of benzene rings is 2. The molecule has 0 saturated carbocycles. The molecular formula is C19H19FN4O3S2. The summed E-state index contributed by atoms with van der Waals surface area (Å²) in [4.78, 5) is 12.7. The van der Waals surface area contributed by atoms with Crippen LogP contribution in [-0.4, -0.2) is 36.8 Å². The number of nitrogens with zero attached hydrogens (tertiary/aromatic N) is 3. The zero-order valence-corrected chi connectivity index (χ0v) is 17.6. The van der Waals surface area contributed by atoms with E-state index in [0.29, 0.717) is 5.01 Å². The molecule has 2 aromatic carbocycles. The normalized spacial score (nSPS) is 12.4. The number of nitrogens with one attached hydrogen (secondary N) is 1. The number of carbonyl (C=O) groups is 1. The van der Waals surface area contributed by atoms with Gasteiger partial charge in [0.1, 0.15) is 16.9 Å². The Morgan fingerprint density at radius 3 is 2.48 bits per heavy atom. The van der Waals surface area contributed by atoms with Crippen molar-refractivity contribution in [3.8, 4) is 10.6 Å². The van der Waals surface area contributed by atoms with Crippen molar-refractivity contribution >= 4 is 38.1 Å². The van der Waals surface area contributed by atoms with Gasteiger partial charge < -0.3 is 0 Å². The van der Waals surface area contributed by atoms with Gasteiger partial charge in [-0.3, -0.25) is 14.4 Å². The van der Waals surface area contributed by atoms with E-state index in [9.17, 15) is 17.6 Å². The summed E-state index contributed by atoms with van der Waals surface area (Å²) < 4.78 is 39.0. The van der Waals surface area contributed by atoms with Gasteiger partial charge in [-0.05, 0) is 32.0 Å². The average molecular weight is 435 g/mol. The largest absolute Gasteiger partial charge is 0.299 e. The van der Waals surface area contributed by atoms with Crippen molar-refractivity contribution in [3.05, 3.63) is 59.9 Å². The molecule has 0 aliphatic carbocycles. The Bertz CT molecular complexity index is 1130. The smallest absolute Gasteiger partial charge is 0.249 e. The fraction of sp³-hybridized carbons (Fsp3) is 0.211. The highest BCUT2D eigenvalue weighted by Gasteiger charge is 2.30. The van der Waals surface area contributed by atoms with E-state index >= 15 is 0 Å². The summed E-state index contributed by atoms with van der Waals surface area (Å²) in [6, 6.07) is 11.6. The molecule has 1 heterocycles. The van der Waals surface area contributed by atoms with Crippen molar-refractivity contribution < 1.29 is 17.6 Å². The van der Waals surface area contributed by atoms with Gasteiger partial charge in [-0.15, -0.1) is 10.2 Å². The summed E-state index contributed by atoms with van der Waals surface area (Å²) in [5.41, 5.74) is 2.03. The minimum atomic E-state index is -3.84. The van der Waals surface area contributed by atoms with Gasteiger partial charge in [-0.1, -0.05) is 47.2 Å². The fourth-order valence-electron chi connectivity index (χ4n) is 2.72. The number of aryl methyl sites for hydroxylation is 1. The Morgan fingerprint density at radius 1 is 1.17 bits per heavy atom. The Labute approximate surface area is 172 Å². The van der Waals surface area contributed by atoms with Crippen LogP contribution in [0.1, 0.15) is 12.5 Å². The summed E-state index contributed by atoms with van der Waals surface area (Å²) in [5.74, 6) is -1.21. The molecule has 0 aliphatic rings. The van der Waals surface area contributed by atoms with E-state index in [1.165, 1.54) is 36.5 Å². The van der Waals surface area contributed by atoms with Gasteiger partial charge in [0, 0.05) is 5.56 Å². The molecule has 29 heavy (non-hydrogen) atoms. The maximum absolute atomic E-state index is 13.6.